The summed E-state index contributed by atoms with van der Waals surface area (Å²) in [6.07, 6.45) is -7.31. The number of rotatable bonds is 2. The van der Waals surface area contributed by atoms with Crippen molar-refractivity contribution in [3.8, 4) is 11.5 Å². The van der Waals surface area contributed by atoms with Gasteiger partial charge in [-0.05, 0) is 17.7 Å². The summed E-state index contributed by atoms with van der Waals surface area (Å²) in [4.78, 5) is 0. The predicted octanol–water partition coefficient (Wildman–Crippen LogP) is 2.00. The number of aliphatic hydroxyl groups is 1. The summed E-state index contributed by atoms with van der Waals surface area (Å²) in [5.74, 6) is -0.397. The zero-order valence-electron chi connectivity index (χ0n) is 7.75. The van der Waals surface area contributed by atoms with Crippen LogP contribution in [0.4, 0.5) is 13.2 Å². The van der Waals surface area contributed by atoms with Crippen molar-refractivity contribution in [1.29, 1.82) is 0 Å². The Kier molecular flexibility index (Phi) is 3.09. The molecule has 1 aromatic rings. The van der Waals surface area contributed by atoms with E-state index in [1.165, 1.54) is 7.11 Å². The summed E-state index contributed by atoms with van der Waals surface area (Å²) in [6.45, 7) is 0. The molecule has 0 unspecified atom stereocenters. The number of phenols is 1. The zero-order valence-corrected chi connectivity index (χ0v) is 7.75. The molecule has 0 radical (unpaired) electrons. The third-order valence-corrected chi connectivity index (χ3v) is 1.83. The molecule has 6 heteroatoms. The van der Waals surface area contributed by atoms with Gasteiger partial charge in [-0.2, -0.15) is 13.2 Å². The summed E-state index contributed by atoms with van der Waals surface area (Å²) in [5.41, 5.74) is -0.378. The van der Waals surface area contributed by atoms with Gasteiger partial charge in [0.25, 0.3) is 0 Å². The lowest BCUT2D eigenvalue weighted by atomic mass is 10.1. The summed E-state index contributed by atoms with van der Waals surface area (Å²) in [6, 6.07) is 2.95. The Morgan fingerprint density at radius 2 is 1.93 bits per heavy atom. The second-order valence-electron chi connectivity index (χ2n) is 2.88. The minimum atomic E-state index is -4.73. The van der Waals surface area contributed by atoms with Gasteiger partial charge in [0, 0.05) is 0 Å². The lowest BCUT2D eigenvalue weighted by Crippen LogP contribution is -2.20. The largest absolute Gasteiger partial charge is 0.504 e. The van der Waals surface area contributed by atoms with Crippen LogP contribution in [0.2, 0.25) is 0 Å². The van der Waals surface area contributed by atoms with E-state index < -0.39 is 12.3 Å². The molecule has 0 aliphatic carbocycles. The highest BCUT2D eigenvalue weighted by Crippen LogP contribution is 2.36. The molecule has 0 aliphatic rings. The zero-order chi connectivity index (χ0) is 11.6. The number of aliphatic hydroxyl groups excluding tert-OH is 1. The first kappa shape index (κ1) is 11.6. The third-order valence-electron chi connectivity index (χ3n) is 1.83. The average molecular weight is 222 g/mol. The number of hydrogen-bond acceptors (Lipinski definition) is 3. The molecule has 15 heavy (non-hydrogen) atoms. The van der Waals surface area contributed by atoms with Gasteiger partial charge >= 0.3 is 6.18 Å². The highest BCUT2D eigenvalue weighted by molar-refractivity contribution is 5.42. The van der Waals surface area contributed by atoms with Crippen molar-refractivity contribution in [1.82, 2.24) is 0 Å². The molecule has 0 saturated heterocycles. The van der Waals surface area contributed by atoms with Crippen molar-refractivity contribution in [3.63, 3.8) is 0 Å². The molecule has 0 spiro atoms. The van der Waals surface area contributed by atoms with Crippen LogP contribution in [-0.4, -0.2) is 23.5 Å². The van der Waals surface area contributed by atoms with Crippen LogP contribution in [0.25, 0.3) is 0 Å². The summed E-state index contributed by atoms with van der Waals surface area (Å²) >= 11 is 0. The quantitative estimate of drug-likeness (QED) is 0.804. The van der Waals surface area contributed by atoms with E-state index in [4.69, 9.17) is 10.2 Å². The molecule has 0 bridgehead atoms. The number of phenolic OH excluding ortho intramolecular Hbond substituents is 1. The van der Waals surface area contributed by atoms with E-state index in [1.807, 2.05) is 0 Å². The van der Waals surface area contributed by atoms with Gasteiger partial charge in [0.2, 0.25) is 0 Å². The first-order valence-corrected chi connectivity index (χ1v) is 3.98. The van der Waals surface area contributed by atoms with E-state index in [0.717, 1.165) is 18.2 Å². The van der Waals surface area contributed by atoms with Crippen LogP contribution >= 0.6 is 0 Å². The molecule has 1 rings (SSSR count). The van der Waals surface area contributed by atoms with Gasteiger partial charge < -0.3 is 14.9 Å². The highest BCUT2D eigenvalue weighted by Gasteiger charge is 2.39. The molecule has 0 saturated carbocycles. The fourth-order valence-electron chi connectivity index (χ4n) is 1.05. The second kappa shape index (κ2) is 3.98. The number of benzene rings is 1. The fourth-order valence-corrected chi connectivity index (χ4v) is 1.05. The van der Waals surface area contributed by atoms with Gasteiger partial charge in [0.05, 0.1) is 7.11 Å². The van der Waals surface area contributed by atoms with E-state index in [0.29, 0.717) is 0 Å². The molecular formula is C9H9F3O3. The van der Waals surface area contributed by atoms with Gasteiger partial charge in [-0.25, -0.2) is 0 Å². The Labute approximate surface area is 83.7 Å². The van der Waals surface area contributed by atoms with E-state index in [2.05, 4.69) is 4.74 Å². The van der Waals surface area contributed by atoms with Crippen molar-refractivity contribution < 1.29 is 28.1 Å². The number of aromatic hydroxyl groups is 1. The maximum atomic E-state index is 12.1. The van der Waals surface area contributed by atoms with Crippen LogP contribution in [0.3, 0.4) is 0 Å². The monoisotopic (exact) mass is 222 g/mol. The number of methoxy groups -OCH3 is 1. The molecule has 1 atom stereocenters. The Morgan fingerprint density at radius 3 is 2.40 bits per heavy atom. The molecule has 0 aromatic heterocycles. The molecule has 2 N–H and O–H groups in total. The maximum Gasteiger partial charge on any atom is 0.418 e. The number of hydrogen-bond donors (Lipinski definition) is 2. The molecule has 0 fully saturated rings. The standard InChI is InChI=1S/C9H9F3O3/c1-15-7-4-5(2-3-6(7)13)8(14)9(10,11)12/h2-4,8,13-14H,1H3/t8-/m1/s1. The van der Waals surface area contributed by atoms with E-state index in [1.54, 1.807) is 0 Å². The van der Waals surface area contributed by atoms with Crippen molar-refractivity contribution in [2.75, 3.05) is 7.11 Å². The van der Waals surface area contributed by atoms with E-state index >= 15 is 0 Å². The van der Waals surface area contributed by atoms with E-state index in [-0.39, 0.29) is 17.1 Å². The lowest BCUT2D eigenvalue weighted by Gasteiger charge is -2.15. The summed E-state index contributed by atoms with van der Waals surface area (Å²) in [5, 5.41) is 18.0. The molecule has 1 aromatic carbocycles. The Bertz CT molecular complexity index is 349. The summed E-state index contributed by atoms with van der Waals surface area (Å²) in [7, 11) is 1.21. The molecule has 0 aliphatic heterocycles. The van der Waals surface area contributed by atoms with Crippen LogP contribution in [0.5, 0.6) is 11.5 Å². The first-order chi connectivity index (χ1) is 6.86. The SMILES string of the molecule is COc1cc([C@@H](O)C(F)(F)F)ccc1O. The highest BCUT2D eigenvalue weighted by atomic mass is 19.4. The number of alkyl halides is 3. The van der Waals surface area contributed by atoms with Gasteiger partial charge in [-0.1, -0.05) is 6.07 Å². The third kappa shape index (κ3) is 2.53. The second-order valence-corrected chi connectivity index (χ2v) is 2.88. The number of halogens is 3. The van der Waals surface area contributed by atoms with E-state index in [9.17, 15) is 13.2 Å². The smallest absolute Gasteiger partial charge is 0.418 e. The fraction of sp³-hybridized carbons (Fsp3) is 0.333. The Morgan fingerprint density at radius 1 is 1.33 bits per heavy atom. The van der Waals surface area contributed by atoms with Crippen molar-refractivity contribution in [2.45, 2.75) is 12.3 Å². The van der Waals surface area contributed by atoms with Crippen molar-refractivity contribution in [2.24, 2.45) is 0 Å². The van der Waals surface area contributed by atoms with Crippen molar-refractivity contribution >= 4 is 0 Å². The van der Waals surface area contributed by atoms with Gasteiger partial charge in [0.15, 0.2) is 17.6 Å². The van der Waals surface area contributed by atoms with Crippen LogP contribution in [0.15, 0.2) is 18.2 Å². The predicted molar refractivity (Wildman–Crippen MR) is 45.7 cm³/mol. The normalized spacial score (nSPS) is 13.7. The first-order valence-electron chi connectivity index (χ1n) is 3.98. The van der Waals surface area contributed by atoms with Crippen LogP contribution in [-0.2, 0) is 0 Å². The minimum absolute atomic E-state index is 0.115. The molecular weight excluding hydrogens is 213 g/mol. The molecule has 84 valence electrons. The Hall–Kier alpha value is -1.43. The average Bonchev–Trinajstić information content (AvgIpc) is 2.16. The van der Waals surface area contributed by atoms with Gasteiger partial charge in [-0.15, -0.1) is 0 Å². The van der Waals surface area contributed by atoms with Gasteiger partial charge in [-0.3, -0.25) is 0 Å². The van der Waals surface area contributed by atoms with Crippen molar-refractivity contribution in [3.05, 3.63) is 23.8 Å². The maximum absolute atomic E-state index is 12.1. The van der Waals surface area contributed by atoms with Gasteiger partial charge in [0.1, 0.15) is 0 Å². The molecule has 0 amide bonds. The Balaban J connectivity index is 3.06. The van der Waals surface area contributed by atoms with Crippen LogP contribution < -0.4 is 4.74 Å². The minimum Gasteiger partial charge on any atom is -0.504 e. The topological polar surface area (TPSA) is 49.7 Å². The summed E-state index contributed by atoms with van der Waals surface area (Å²) < 4.78 is 41.0. The molecule has 3 nitrogen and oxygen atoms in total. The lowest BCUT2D eigenvalue weighted by molar-refractivity contribution is -0.206. The van der Waals surface area contributed by atoms with Crippen LogP contribution in [0.1, 0.15) is 11.7 Å². The number of ether oxygens (including phenoxy) is 1. The molecule has 0 heterocycles. The van der Waals surface area contributed by atoms with Crippen LogP contribution in [0, 0.1) is 0 Å².